The Kier molecular flexibility index (Phi) is 3.14. The van der Waals surface area contributed by atoms with E-state index in [1.807, 2.05) is 6.07 Å². The van der Waals surface area contributed by atoms with Gasteiger partial charge in [0.05, 0.1) is 11.3 Å². The second kappa shape index (κ2) is 4.57. The minimum absolute atomic E-state index is 0.824. The van der Waals surface area contributed by atoms with Gasteiger partial charge in [0, 0.05) is 13.1 Å². The van der Waals surface area contributed by atoms with E-state index in [0.29, 0.717) is 0 Å². The Hall–Kier alpha value is -1.49. The first kappa shape index (κ1) is 11.0. The molecular weight excluding hydrogens is 196 g/mol. The summed E-state index contributed by atoms with van der Waals surface area (Å²) in [7, 11) is 0. The van der Waals surface area contributed by atoms with E-state index in [0.717, 1.165) is 24.3 Å². The van der Waals surface area contributed by atoms with Gasteiger partial charge >= 0.3 is 0 Å². The maximum Gasteiger partial charge on any atom is 0.101 e. The number of hydrogen-bond donors (Lipinski definition) is 0. The lowest BCUT2D eigenvalue weighted by Gasteiger charge is -2.30. The zero-order valence-electron chi connectivity index (χ0n) is 10.1. The molecule has 2 heteroatoms. The molecule has 1 aliphatic rings. The third-order valence-corrected chi connectivity index (χ3v) is 3.43. The fourth-order valence-corrected chi connectivity index (χ4v) is 2.29. The largest absolute Gasteiger partial charge is 0.370 e. The Morgan fingerprint density at radius 3 is 2.31 bits per heavy atom. The van der Waals surface area contributed by atoms with Gasteiger partial charge in [-0.25, -0.2) is 0 Å². The molecular formula is C14H18N2. The van der Waals surface area contributed by atoms with E-state index in [-0.39, 0.29) is 0 Å². The van der Waals surface area contributed by atoms with Gasteiger partial charge in [-0.2, -0.15) is 5.26 Å². The number of nitriles is 1. The van der Waals surface area contributed by atoms with E-state index in [2.05, 4.69) is 30.9 Å². The summed E-state index contributed by atoms with van der Waals surface area (Å²) in [6, 6.07) is 6.50. The van der Waals surface area contributed by atoms with Crippen molar-refractivity contribution >= 4 is 5.69 Å². The Morgan fingerprint density at radius 2 is 1.69 bits per heavy atom. The smallest absolute Gasteiger partial charge is 0.101 e. The van der Waals surface area contributed by atoms with Crippen LogP contribution in [0.4, 0.5) is 5.69 Å². The molecule has 0 amide bonds. The fraction of sp³-hybridized carbons (Fsp3) is 0.500. The Bertz CT molecular complexity index is 423. The van der Waals surface area contributed by atoms with E-state index in [1.165, 1.54) is 30.4 Å². The van der Waals surface area contributed by atoms with Crippen LogP contribution in [0.2, 0.25) is 0 Å². The maximum atomic E-state index is 9.19. The van der Waals surface area contributed by atoms with Crippen molar-refractivity contribution in [2.75, 3.05) is 18.0 Å². The molecule has 2 rings (SSSR count). The molecule has 1 aromatic rings. The van der Waals surface area contributed by atoms with Crippen molar-refractivity contribution in [2.45, 2.75) is 33.1 Å². The van der Waals surface area contributed by atoms with Crippen LogP contribution in [0, 0.1) is 25.2 Å². The highest BCUT2D eigenvalue weighted by atomic mass is 15.1. The van der Waals surface area contributed by atoms with Crippen molar-refractivity contribution < 1.29 is 0 Å². The molecule has 0 spiro atoms. The van der Waals surface area contributed by atoms with Crippen LogP contribution in [0.15, 0.2) is 12.1 Å². The zero-order valence-corrected chi connectivity index (χ0v) is 10.1. The molecule has 84 valence electrons. The average molecular weight is 214 g/mol. The quantitative estimate of drug-likeness (QED) is 0.718. The van der Waals surface area contributed by atoms with Crippen molar-refractivity contribution in [3.63, 3.8) is 0 Å². The number of piperidine rings is 1. The normalized spacial score (nSPS) is 15.9. The predicted molar refractivity (Wildman–Crippen MR) is 66.7 cm³/mol. The number of nitrogens with zero attached hydrogens (tertiary/aromatic N) is 2. The molecule has 1 heterocycles. The molecule has 1 aliphatic heterocycles. The summed E-state index contributed by atoms with van der Waals surface area (Å²) in [4.78, 5) is 2.36. The van der Waals surface area contributed by atoms with Gasteiger partial charge in [0.2, 0.25) is 0 Å². The minimum Gasteiger partial charge on any atom is -0.370 e. The van der Waals surface area contributed by atoms with Crippen molar-refractivity contribution in [3.8, 4) is 6.07 Å². The molecule has 16 heavy (non-hydrogen) atoms. The molecule has 0 atom stereocenters. The molecule has 1 fully saturated rings. The van der Waals surface area contributed by atoms with Crippen molar-refractivity contribution in [3.05, 3.63) is 28.8 Å². The van der Waals surface area contributed by atoms with Gasteiger partial charge in [-0.1, -0.05) is 0 Å². The monoisotopic (exact) mass is 214 g/mol. The van der Waals surface area contributed by atoms with Crippen LogP contribution in [-0.2, 0) is 0 Å². The molecule has 0 aromatic heterocycles. The summed E-state index contributed by atoms with van der Waals surface area (Å²) < 4.78 is 0. The van der Waals surface area contributed by atoms with Gasteiger partial charge in [0.15, 0.2) is 0 Å². The van der Waals surface area contributed by atoms with Crippen molar-refractivity contribution in [1.82, 2.24) is 0 Å². The number of aryl methyl sites for hydroxylation is 2. The second-order valence-electron chi connectivity index (χ2n) is 4.61. The van der Waals surface area contributed by atoms with Crippen molar-refractivity contribution in [2.24, 2.45) is 0 Å². The first-order chi connectivity index (χ1) is 7.72. The topological polar surface area (TPSA) is 27.0 Å². The van der Waals surface area contributed by atoms with Crippen molar-refractivity contribution in [1.29, 1.82) is 5.26 Å². The van der Waals surface area contributed by atoms with Crippen LogP contribution in [-0.4, -0.2) is 13.1 Å². The van der Waals surface area contributed by atoms with Crippen LogP contribution in [0.3, 0.4) is 0 Å². The Labute approximate surface area is 97.5 Å². The Morgan fingerprint density at radius 1 is 1.06 bits per heavy atom. The SMILES string of the molecule is Cc1cc(C#N)c(N2CCCCC2)cc1C. The lowest BCUT2D eigenvalue weighted by atomic mass is 10.0. The van der Waals surface area contributed by atoms with Gasteiger partial charge in [-0.3, -0.25) is 0 Å². The highest BCUT2D eigenvalue weighted by molar-refractivity contribution is 5.62. The molecule has 0 bridgehead atoms. The summed E-state index contributed by atoms with van der Waals surface area (Å²) in [5.74, 6) is 0. The summed E-state index contributed by atoms with van der Waals surface area (Å²) in [5, 5.41) is 9.19. The molecule has 0 saturated carbocycles. The summed E-state index contributed by atoms with van der Waals surface area (Å²) in [6.45, 7) is 6.37. The number of rotatable bonds is 1. The predicted octanol–water partition coefficient (Wildman–Crippen LogP) is 3.17. The molecule has 1 saturated heterocycles. The van der Waals surface area contributed by atoms with Crippen LogP contribution in [0.5, 0.6) is 0 Å². The van der Waals surface area contributed by atoms with E-state index >= 15 is 0 Å². The zero-order chi connectivity index (χ0) is 11.5. The number of anilines is 1. The second-order valence-corrected chi connectivity index (χ2v) is 4.61. The van der Waals surface area contributed by atoms with Gasteiger partial charge in [-0.15, -0.1) is 0 Å². The van der Waals surface area contributed by atoms with Crippen LogP contribution in [0.25, 0.3) is 0 Å². The van der Waals surface area contributed by atoms with E-state index in [1.54, 1.807) is 0 Å². The third kappa shape index (κ3) is 2.04. The summed E-state index contributed by atoms with van der Waals surface area (Å²) in [6.07, 6.45) is 3.82. The average Bonchev–Trinajstić information content (AvgIpc) is 2.33. The van der Waals surface area contributed by atoms with Gasteiger partial charge in [-0.05, 0) is 56.4 Å². The third-order valence-electron chi connectivity index (χ3n) is 3.43. The highest BCUT2D eigenvalue weighted by Crippen LogP contribution is 2.26. The Balaban J connectivity index is 2.38. The van der Waals surface area contributed by atoms with E-state index in [4.69, 9.17) is 0 Å². The van der Waals surface area contributed by atoms with E-state index in [9.17, 15) is 5.26 Å². The van der Waals surface area contributed by atoms with Crippen LogP contribution >= 0.6 is 0 Å². The van der Waals surface area contributed by atoms with E-state index < -0.39 is 0 Å². The number of benzene rings is 1. The first-order valence-corrected chi connectivity index (χ1v) is 5.98. The summed E-state index contributed by atoms with van der Waals surface area (Å²) >= 11 is 0. The molecule has 1 aromatic carbocycles. The molecule has 0 unspecified atom stereocenters. The van der Waals surface area contributed by atoms with Crippen LogP contribution in [0.1, 0.15) is 36.0 Å². The lowest BCUT2D eigenvalue weighted by molar-refractivity contribution is 0.577. The minimum atomic E-state index is 0.824. The molecule has 0 aliphatic carbocycles. The van der Waals surface area contributed by atoms with Gasteiger partial charge in [0.25, 0.3) is 0 Å². The van der Waals surface area contributed by atoms with Gasteiger partial charge in [0.1, 0.15) is 6.07 Å². The van der Waals surface area contributed by atoms with Gasteiger partial charge < -0.3 is 4.90 Å². The number of hydrogen-bond acceptors (Lipinski definition) is 2. The highest BCUT2D eigenvalue weighted by Gasteiger charge is 2.15. The molecule has 0 radical (unpaired) electrons. The standard InChI is InChI=1S/C14H18N2/c1-11-8-13(10-15)14(9-12(11)2)16-6-4-3-5-7-16/h8-9H,3-7H2,1-2H3. The maximum absolute atomic E-state index is 9.19. The summed E-state index contributed by atoms with van der Waals surface area (Å²) in [5.41, 5.74) is 4.44. The lowest BCUT2D eigenvalue weighted by Crippen LogP contribution is -2.30. The van der Waals surface area contributed by atoms with Crippen LogP contribution < -0.4 is 4.90 Å². The first-order valence-electron chi connectivity index (χ1n) is 5.98. The fourth-order valence-electron chi connectivity index (χ4n) is 2.29. The molecule has 2 nitrogen and oxygen atoms in total. The molecule has 0 N–H and O–H groups in total.